The number of aromatic nitrogens is 1. The van der Waals surface area contributed by atoms with Crippen molar-refractivity contribution in [2.24, 2.45) is 0 Å². The third-order valence-electron chi connectivity index (χ3n) is 10.3. The fourth-order valence-corrected chi connectivity index (χ4v) is 7.92. The third-order valence-corrected chi connectivity index (χ3v) is 10.3. The van der Waals surface area contributed by atoms with Crippen molar-refractivity contribution in [3.8, 4) is 11.3 Å². The summed E-state index contributed by atoms with van der Waals surface area (Å²) in [5.41, 5.74) is 7.05. The molecule has 0 bridgehead atoms. The maximum atomic E-state index is 14.0. The summed E-state index contributed by atoms with van der Waals surface area (Å²) in [6.07, 6.45) is 12.6. The van der Waals surface area contributed by atoms with Crippen LogP contribution in [0, 0.1) is 0 Å². The number of hydrogen-bond acceptors (Lipinski definition) is 4. The largest absolute Gasteiger partial charge is 0.478 e. The number of rotatable bonds is 7. The minimum Gasteiger partial charge on any atom is -0.478 e. The maximum Gasteiger partial charge on any atom is 0.328 e. The first-order valence-electron chi connectivity index (χ1n) is 17.1. The third kappa shape index (κ3) is 6.16. The molecule has 2 heterocycles. The first-order chi connectivity index (χ1) is 22.9. The number of amides is 2. The van der Waals surface area contributed by atoms with E-state index in [1.165, 1.54) is 60.4 Å². The number of nitrogens with one attached hydrogen (secondary N) is 3. The molecule has 2 aliphatic carbocycles. The lowest BCUT2D eigenvalue weighted by Gasteiger charge is -2.29. The van der Waals surface area contributed by atoms with Crippen molar-refractivity contribution in [1.29, 1.82) is 0 Å². The quantitative estimate of drug-likeness (QED) is 0.155. The fourth-order valence-electron chi connectivity index (χ4n) is 7.92. The Bertz CT molecular complexity index is 1840. The molecule has 8 heteroatoms. The highest BCUT2D eigenvalue weighted by Crippen LogP contribution is 2.46. The van der Waals surface area contributed by atoms with Crippen molar-refractivity contribution in [2.45, 2.75) is 82.2 Å². The molecule has 2 fully saturated rings. The van der Waals surface area contributed by atoms with Crippen LogP contribution in [0.4, 0.5) is 11.4 Å². The number of carboxylic acid groups (broad SMARTS) is 1. The van der Waals surface area contributed by atoms with Gasteiger partial charge < -0.3 is 25.6 Å². The lowest BCUT2D eigenvalue weighted by atomic mass is 9.81. The molecule has 4 aromatic rings. The number of fused-ring (bicyclic) bond motifs is 5. The van der Waals surface area contributed by atoms with Gasteiger partial charge in [-0.15, -0.1) is 0 Å². The molecule has 47 heavy (non-hydrogen) atoms. The highest BCUT2D eigenvalue weighted by molar-refractivity contribution is 6.06. The Morgan fingerprint density at radius 3 is 2.43 bits per heavy atom. The van der Waals surface area contributed by atoms with Gasteiger partial charge in [-0.3, -0.25) is 9.59 Å². The molecule has 2 amide bonds. The average Bonchev–Trinajstić information content (AvgIpc) is 3.68. The van der Waals surface area contributed by atoms with Crippen molar-refractivity contribution in [1.82, 2.24) is 9.88 Å². The Morgan fingerprint density at radius 2 is 1.66 bits per heavy atom. The SMILES string of the molecule is O=C(O)/C=C/c1ccc(NC(=O)C2(NC(=O)c3ccc4c(C5CCCCC5)c5n(c4c3)CCCNc3ccccc3-5)CCCC2)cc1. The monoisotopic (exact) mass is 630 g/mol. The summed E-state index contributed by atoms with van der Waals surface area (Å²) in [5.74, 6) is -0.992. The molecule has 0 spiro atoms. The molecule has 1 aliphatic heterocycles. The maximum absolute atomic E-state index is 14.0. The standard InChI is InChI=1S/C39H42N4O4/c44-34(45)20-15-26-13-17-29(18-14-26)41-38(47)39(21-6-7-22-39)42-37(46)28-16-19-31-33(25-28)43-24-8-23-40-32-12-5-4-11-30(32)36(43)35(31)27-9-2-1-3-10-27/h4-5,11-20,25,27,40H,1-3,6-10,21-24H2,(H,41,47)(H,42,46)(H,44,45)/b20-15+. The number of anilines is 2. The summed E-state index contributed by atoms with van der Waals surface area (Å²) in [6, 6.07) is 21.7. The highest BCUT2D eigenvalue weighted by atomic mass is 16.4. The summed E-state index contributed by atoms with van der Waals surface area (Å²) in [7, 11) is 0. The van der Waals surface area contributed by atoms with E-state index in [1.807, 2.05) is 12.1 Å². The number of aliphatic carboxylic acids is 1. The summed E-state index contributed by atoms with van der Waals surface area (Å²) >= 11 is 0. The van der Waals surface area contributed by atoms with Crippen LogP contribution in [0.15, 0.2) is 72.8 Å². The zero-order chi connectivity index (χ0) is 32.4. The Balaban J connectivity index is 1.20. The van der Waals surface area contributed by atoms with E-state index in [0.717, 1.165) is 55.2 Å². The Labute approximate surface area is 275 Å². The van der Waals surface area contributed by atoms with Gasteiger partial charge in [0, 0.05) is 52.6 Å². The molecule has 1 aromatic heterocycles. The molecule has 4 N–H and O–H groups in total. The molecule has 3 aliphatic rings. The van der Waals surface area contributed by atoms with Gasteiger partial charge in [0.2, 0.25) is 5.91 Å². The smallest absolute Gasteiger partial charge is 0.328 e. The first kappa shape index (κ1) is 30.8. The van der Waals surface area contributed by atoms with Crippen LogP contribution in [-0.2, 0) is 16.1 Å². The fraction of sp³-hybridized carbons (Fsp3) is 0.359. The van der Waals surface area contributed by atoms with Gasteiger partial charge in [-0.05, 0) is 85.6 Å². The summed E-state index contributed by atoms with van der Waals surface area (Å²) < 4.78 is 2.45. The van der Waals surface area contributed by atoms with Crippen LogP contribution in [-0.4, -0.2) is 39.5 Å². The van der Waals surface area contributed by atoms with Gasteiger partial charge in [-0.1, -0.05) is 68.5 Å². The van der Waals surface area contributed by atoms with Gasteiger partial charge in [0.25, 0.3) is 5.91 Å². The van der Waals surface area contributed by atoms with E-state index >= 15 is 0 Å². The molecule has 0 saturated heterocycles. The van der Waals surface area contributed by atoms with Crippen molar-refractivity contribution in [3.05, 3.63) is 89.5 Å². The number of hydrogen-bond donors (Lipinski definition) is 4. The van der Waals surface area contributed by atoms with Crippen molar-refractivity contribution in [3.63, 3.8) is 0 Å². The number of carboxylic acids is 1. The van der Waals surface area contributed by atoms with E-state index in [2.05, 4.69) is 50.8 Å². The molecule has 0 radical (unpaired) electrons. The second kappa shape index (κ2) is 13.1. The van der Waals surface area contributed by atoms with E-state index in [4.69, 9.17) is 5.11 Å². The van der Waals surface area contributed by atoms with E-state index in [1.54, 1.807) is 24.3 Å². The molecule has 2 saturated carbocycles. The van der Waals surface area contributed by atoms with Crippen molar-refractivity contribution >= 4 is 46.1 Å². The molecule has 0 atom stereocenters. The highest BCUT2D eigenvalue weighted by Gasteiger charge is 2.43. The predicted octanol–water partition coefficient (Wildman–Crippen LogP) is 7.95. The summed E-state index contributed by atoms with van der Waals surface area (Å²) in [4.78, 5) is 38.6. The normalized spacial score (nSPS) is 17.7. The Hall–Kier alpha value is -4.85. The van der Waals surface area contributed by atoms with Gasteiger partial charge >= 0.3 is 5.97 Å². The second-order valence-corrected chi connectivity index (χ2v) is 13.3. The minimum absolute atomic E-state index is 0.227. The molecule has 7 rings (SSSR count). The van der Waals surface area contributed by atoms with E-state index in [0.29, 0.717) is 30.0 Å². The summed E-state index contributed by atoms with van der Waals surface area (Å²) in [6.45, 7) is 1.75. The molecule has 3 aromatic carbocycles. The number of para-hydroxylation sites is 1. The van der Waals surface area contributed by atoms with E-state index < -0.39 is 11.5 Å². The van der Waals surface area contributed by atoms with Gasteiger partial charge in [0.15, 0.2) is 0 Å². The van der Waals surface area contributed by atoms with E-state index in [9.17, 15) is 14.4 Å². The van der Waals surface area contributed by atoms with E-state index in [-0.39, 0.29) is 11.8 Å². The molecular formula is C39H42N4O4. The molecule has 0 unspecified atom stereocenters. The van der Waals surface area contributed by atoms with Crippen molar-refractivity contribution < 1.29 is 19.5 Å². The zero-order valence-corrected chi connectivity index (χ0v) is 26.7. The Kier molecular flexibility index (Phi) is 8.58. The summed E-state index contributed by atoms with van der Waals surface area (Å²) in [5, 5.41) is 20.0. The van der Waals surface area contributed by atoms with Gasteiger partial charge in [-0.25, -0.2) is 4.79 Å². The number of carbonyl (C=O) groups excluding carboxylic acids is 2. The lowest BCUT2D eigenvalue weighted by Crippen LogP contribution is -2.55. The number of benzene rings is 3. The van der Waals surface area contributed by atoms with Crippen LogP contribution in [0.25, 0.3) is 28.2 Å². The number of carbonyl (C=O) groups is 3. The van der Waals surface area contributed by atoms with Crippen LogP contribution in [0.5, 0.6) is 0 Å². The number of aryl methyl sites for hydroxylation is 1. The van der Waals surface area contributed by atoms with Gasteiger partial charge in [0.1, 0.15) is 5.54 Å². The first-order valence-corrected chi connectivity index (χ1v) is 17.1. The second-order valence-electron chi connectivity index (χ2n) is 13.3. The minimum atomic E-state index is -1.02. The zero-order valence-electron chi connectivity index (χ0n) is 26.7. The molecule has 242 valence electrons. The van der Waals surface area contributed by atoms with Crippen molar-refractivity contribution in [2.75, 3.05) is 17.2 Å². The average molecular weight is 631 g/mol. The van der Waals surface area contributed by atoms with Crippen LogP contribution in [0.1, 0.15) is 91.6 Å². The lowest BCUT2D eigenvalue weighted by molar-refractivity contribution is -0.131. The predicted molar refractivity (Wildman–Crippen MR) is 187 cm³/mol. The molecule has 8 nitrogen and oxygen atoms in total. The molecular weight excluding hydrogens is 588 g/mol. The van der Waals surface area contributed by atoms with Crippen LogP contribution >= 0.6 is 0 Å². The van der Waals surface area contributed by atoms with Gasteiger partial charge in [-0.2, -0.15) is 0 Å². The van der Waals surface area contributed by atoms with Crippen LogP contribution < -0.4 is 16.0 Å². The number of nitrogens with zero attached hydrogens (tertiary/aromatic N) is 1. The van der Waals surface area contributed by atoms with Crippen LogP contribution in [0.3, 0.4) is 0 Å². The topological polar surface area (TPSA) is 112 Å². The Morgan fingerprint density at radius 1 is 0.894 bits per heavy atom. The van der Waals surface area contributed by atoms with Crippen LogP contribution in [0.2, 0.25) is 0 Å². The van der Waals surface area contributed by atoms with Gasteiger partial charge in [0.05, 0.1) is 5.69 Å².